The van der Waals surface area contributed by atoms with Crippen molar-refractivity contribution in [3.63, 3.8) is 0 Å². The van der Waals surface area contributed by atoms with E-state index in [1.54, 1.807) is 0 Å². The maximum absolute atomic E-state index is 13.2. The van der Waals surface area contributed by atoms with Crippen molar-refractivity contribution in [2.75, 3.05) is 7.11 Å². The lowest BCUT2D eigenvalue weighted by atomic mass is 9.41. The first-order valence-electron chi connectivity index (χ1n) is 9.92. The van der Waals surface area contributed by atoms with Crippen molar-refractivity contribution in [1.82, 2.24) is 0 Å². The fraction of sp³-hybridized carbons (Fsp3) is 0.905. The van der Waals surface area contributed by atoms with Gasteiger partial charge in [0.1, 0.15) is 5.78 Å². The standard InChI is InChI=1S/C21H32O3/c1-13-14-6-7-16-19(2)9-5-10-20(3,18(23)24-4)15(19)8-11-21(16,12-14)17(13)22/h13-16H,5-12H2,1-4H3/t13-,14-,15+,16+,19-,20+,21-/m0/s1. The number of carbonyl (C=O) groups is 2. The Kier molecular flexibility index (Phi) is 3.51. The van der Waals surface area contributed by atoms with Gasteiger partial charge in [-0.1, -0.05) is 20.3 Å². The molecule has 4 rings (SSSR count). The van der Waals surface area contributed by atoms with Crippen LogP contribution in [0.25, 0.3) is 0 Å². The van der Waals surface area contributed by atoms with E-state index in [0.717, 1.165) is 32.1 Å². The fourth-order valence-electron chi connectivity index (χ4n) is 7.95. The van der Waals surface area contributed by atoms with Gasteiger partial charge in [0.05, 0.1) is 12.5 Å². The molecule has 0 unspecified atom stereocenters. The van der Waals surface area contributed by atoms with Crippen molar-refractivity contribution in [2.24, 2.45) is 39.9 Å². The highest BCUT2D eigenvalue weighted by atomic mass is 16.5. The molecule has 0 radical (unpaired) electrons. The summed E-state index contributed by atoms with van der Waals surface area (Å²) in [4.78, 5) is 25.9. The monoisotopic (exact) mass is 332 g/mol. The van der Waals surface area contributed by atoms with Crippen LogP contribution in [0.3, 0.4) is 0 Å². The van der Waals surface area contributed by atoms with Crippen LogP contribution in [0.2, 0.25) is 0 Å². The zero-order valence-electron chi connectivity index (χ0n) is 15.7. The minimum absolute atomic E-state index is 0.0332. The third-order valence-corrected chi connectivity index (χ3v) is 9.03. The molecule has 4 fully saturated rings. The highest BCUT2D eigenvalue weighted by molar-refractivity contribution is 5.90. The molecule has 0 saturated heterocycles. The third-order valence-electron chi connectivity index (χ3n) is 9.03. The highest BCUT2D eigenvalue weighted by Crippen LogP contribution is 2.71. The SMILES string of the molecule is COC(=O)[C@]1(C)CCC[C@@]2(C)[C@H]1CC[C@]13C[C@H](CC[C@@H]12)[C@H](C)C3=O. The smallest absolute Gasteiger partial charge is 0.311 e. The summed E-state index contributed by atoms with van der Waals surface area (Å²) in [7, 11) is 1.53. The molecule has 24 heavy (non-hydrogen) atoms. The molecule has 4 aliphatic rings. The van der Waals surface area contributed by atoms with Crippen LogP contribution < -0.4 is 0 Å². The van der Waals surface area contributed by atoms with Crippen molar-refractivity contribution in [1.29, 1.82) is 0 Å². The number of ketones is 1. The van der Waals surface area contributed by atoms with E-state index in [1.165, 1.54) is 26.4 Å². The Hall–Kier alpha value is -0.860. The van der Waals surface area contributed by atoms with Gasteiger partial charge in [-0.25, -0.2) is 0 Å². The van der Waals surface area contributed by atoms with Gasteiger partial charge in [-0.3, -0.25) is 9.59 Å². The van der Waals surface area contributed by atoms with E-state index >= 15 is 0 Å². The van der Waals surface area contributed by atoms with Gasteiger partial charge in [0.15, 0.2) is 0 Å². The summed E-state index contributed by atoms with van der Waals surface area (Å²) in [5.41, 5.74) is -0.320. The summed E-state index contributed by atoms with van der Waals surface area (Å²) in [5, 5.41) is 0. The number of methoxy groups -OCH3 is 1. The normalized spacial score (nSPS) is 53.2. The predicted octanol–water partition coefficient (Wildman–Crippen LogP) is 4.39. The summed E-state index contributed by atoms with van der Waals surface area (Å²) in [6.45, 7) is 6.70. The zero-order valence-corrected chi connectivity index (χ0v) is 15.7. The molecule has 0 aromatic rings. The van der Waals surface area contributed by atoms with Crippen molar-refractivity contribution in [2.45, 2.75) is 72.1 Å². The Bertz CT molecular complexity index is 584. The first-order valence-corrected chi connectivity index (χ1v) is 9.92. The molecule has 1 spiro atoms. The van der Waals surface area contributed by atoms with Gasteiger partial charge in [-0.05, 0) is 75.0 Å². The Morgan fingerprint density at radius 1 is 1.08 bits per heavy atom. The molecule has 2 bridgehead atoms. The van der Waals surface area contributed by atoms with Gasteiger partial charge in [0.2, 0.25) is 0 Å². The average molecular weight is 332 g/mol. The van der Waals surface area contributed by atoms with Crippen LogP contribution in [0.1, 0.15) is 72.1 Å². The van der Waals surface area contributed by atoms with Gasteiger partial charge < -0.3 is 4.74 Å². The second-order valence-electron chi connectivity index (χ2n) is 9.76. The van der Waals surface area contributed by atoms with Crippen LogP contribution >= 0.6 is 0 Å². The molecule has 3 heteroatoms. The minimum Gasteiger partial charge on any atom is -0.469 e. The highest BCUT2D eigenvalue weighted by Gasteiger charge is 2.68. The van der Waals surface area contributed by atoms with E-state index in [9.17, 15) is 9.59 Å². The van der Waals surface area contributed by atoms with Crippen molar-refractivity contribution in [3.8, 4) is 0 Å². The van der Waals surface area contributed by atoms with E-state index in [-0.39, 0.29) is 28.1 Å². The molecule has 0 aliphatic heterocycles. The lowest BCUT2D eigenvalue weighted by Gasteiger charge is -2.62. The van der Waals surface area contributed by atoms with E-state index in [0.29, 0.717) is 23.5 Å². The zero-order chi connectivity index (χ0) is 17.3. The molecule has 4 aliphatic carbocycles. The first-order chi connectivity index (χ1) is 11.3. The van der Waals surface area contributed by atoms with E-state index in [4.69, 9.17) is 4.74 Å². The number of fused-ring (bicyclic) bond motifs is 3. The summed E-state index contributed by atoms with van der Waals surface area (Å²) in [6.07, 6.45) is 8.72. The largest absolute Gasteiger partial charge is 0.469 e. The number of carbonyl (C=O) groups excluding carboxylic acids is 2. The van der Waals surface area contributed by atoms with Crippen molar-refractivity contribution >= 4 is 11.8 Å². The third kappa shape index (κ3) is 1.79. The van der Waals surface area contributed by atoms with Crippen LogP contribution in [0, 0.1) is 39.9 Å². The maximum Gasteiger partial charge on any atom is 0.311 e. The van der Waals surface area contributed by atoms with Gasteiger partial charge in [0.25, 0.3) is 0 Å². The molecule has 134 valence electrons. The minimum atomic E-state index is -0.368. The van der Waals surface area contributed by atoms with Gasteiger partial charge in [-0.15, -0.1) is 0 Å². The molecular weight excluding hydrogens is 300 g/mol. The Morgan fingerprint density at radius 3 is 2.54 bits per heavy atom. The molecule has 0 aromatic carbocycles. The first kappa shape index (κ1) is 16.6. The van der Waals surface area contributed by atoms with Crippen LogP contribution in [0.5, 0.6) is 0 Å². The number of rotatable bonds is 1. The molecule has 4 saturated carbocycles. The van der Waals surface area contributed by atoms with Crippen molar-refractivity contribution in [3.05, 3.63) is 0 Å². The lowest BCUT2D eigenvalue weighted by molar-refractivity contribution is -0.185. The van der Waals surface area contributed by atoms with Gasteiger partial charge in [0, 0.05) is 11.3 Å². The predicted molar refractivity (Wildman–Crippen MR) is 92.2 cm³/mol. The molecular formula is C21H32O3. The number of hydrogen-bond donors (Lipinski definition) is 0. The summed E-state index contributed by atoms with van der Waals surface area (Å²) in [5.74, 6) is 2.23. The lowest BCUT2D eigenvalue weighted by Crippen LogP contribution is -2.59. The molecule has 7 atom stereocenters. The second-order valence-corrected chi connectivity index (χ2v) is 9.76. The summed E-state index contributed by atoms with van der Waals surface area (Å²) >= 11 is 0. The maximum atomic E-state index is 13.2. The fourth-order valence-corrected chi connectivity index (χ4v) is 7.95. The second kappa shape index (κ2) is 5.08. The van der Waals surface area contributed by atoms with Crippen LogP contribution in [0.15, 0.2) is 0 Å². The Balaban J connectivity index is 1.76. The quantitative estimate of drug-likeness (QED) is 0.669. The number of esters is 1. The van der Waals surface area contributed by atoms with E-state index in [1.807, 2.05) is 0 Å². The van der Waals surface area contributed by atoms with Crippen LogP contribution in [0.4, 0.5) is 0 Å². The number of hydrogen-bond acceptors (Lipinski definition) is 3. The number of Topliss-reactive ketones (excluding diaryl/α,β-unsaturated/α-hetero) is 1. The number of ether oxygens (including phenoxy) is 1. The molecule has 3 nitrogen and oxygen atoms in total. The van der Waals surface area contributed by atoms with E-state index < -0.39 is 0 Å². The van der Waals surface area contributed by atoms with Crippen molar-refractivity contribution < 1.29 is 14.3 Å². The average Bonchev–Trinajstić information content (AvgIpc) is 2.74. The van der Waals surface area contributed by atoms with E-state index in [2.05, 4.69) is 20.8 Å². The summed E-state index contributed by atoms with van der Waals surface area (Å²) < 4.78 is 5.21. The molecule has 0 aromatic heterocycles. The Labute approximate surface area is 145 Å². The van der Waals surface area contributed by atoms with Gasteiger partial charge >= 0.3 is 5.97 Å². The molecule has 0 N–H and O–H groups in total. The summed E-state index contributed by atoms with van der Waals surface area (Å²) in [6, 6.07) is 0. The van der Waals surface area contributed by atoms with Crippen LogP contribution in [-0.4, -0.2) is 18.9 Å². The Morgan fingerprint density at radius 2 is 1.83 bits per heavy atom. The molecule has 0 heterocycles. The van der Waals surface area contributed by atoms with Gasteiger partial charge in [-0.2, -0.15) is 0 Å². The van der Waals surface area contributed by atoms with Crippen LogP contribution in [-0.2, 0) is 14.3 Å². The topological polar surface area (TPSA) is 43.4 Å². The molecule has 0 amide bonds.